The molecule has 2 atom stereocenters. The third kappa shape index (κ3) is 4.54. The fraction of sp³-hybridized carbons (Fsp3) is 0.290. The van der Waals surface area contributed by atoms with E-state index in [1.807, 2.05) is 4.90 Å². The predicted octanol–water partition coefficient (Wildman–Crippen LogP) is 5.02. The molecule has 0 spiro atoms. The SMILES string of the molecule is O=C(CO)n1ccc(-c2nc(OC[C@@]34CCCN3C[C@H](F)C4)nc3c(F)c(-c4cc(O)cc5ccc(F)c(F)c45)ncc23)c1. The van der Waals surface area contributed by atoms with E-state index in [1.54, 1.807) is 0 Å². The van der Waals surface area contributed by atoms with Crippen molar-refractivity contribution in [2.45, 2.75) is 31.0 Å². The van der Waals surface area contributed by atoms with Gasteiger partial charge in [-0.3, -0.25) is 19.2 Å². The number of hydrogen-bond donors (Lipinski definition) is 2. The summed E-state index contributed by atoms with van der Waals surface area (Å²) < 4.78 is 67.3. The van der Waals surface area contributed by atoms with Crippen molar-refractivity contribution in [1.29, 1.82) is 0 Å². The van der Waals surface area contributed by atoms with E-state index < -0.39 is 47.4 Å². The molecule has 0 amide bonds. The Bertz CT molecular complexity index is 1970. The van der Waals surface area contributed by atoms with E-state index in [1.165, 1.54) is 36.8 Å². The Morgan fingerprint density at radius 3 is 2.77 bits per heavy atom. The summed E-state index contributed by atoms with van der Waals surface area (Å²) in [7, 11) is 0. The molecule has 226 valence electrons. The van der Waals surface area contributed by atoms with Crippen molar-refractivity contribution in [2.24, 2.45) is 0 Å². The summed E-state index contributed by atoms with van der Waals surface area (Å²) in [5, 5.41) is 19.6. The molecule has 2 aromatic carbocycles. The molecule has 5 heterocycles. The second kappa shape index (κ2) is 10.5. The van der Waals surface area contributed by atoms with Crippen LogP contribution in [0.5, 0.6) is 11.8 Å². The minimum atomic E-state index is -1.23. The third-order valence-electron chi connectivity index (χ3n) is 8.53. The molecule has 7 rings (SSSR count). The third-order valence-corrected chi connectivity index (χ3v) is 8.53. The predicted molar refractivity (Wildman–Crippen MR) is 151 cm³/mol. The van der Waals surface area contributed by atoms with Crippen LogP contribution in [-0.4, -0.2) is 78.6 Å². The van der Waals surface area contributed by atoms with Crippen molar-refractivity contribution in [2.75, 3.05) is 26.3 Å². The van der Waals surface area contributed by atoms with Crippen molar-refractivity contribution < 1.29 is 37.3 Å². The number of aliphatic hydroxyl groups is 1. The van der Waals surface area contributed by atoms with Crippen LogP contribution < -0.4 is 4.74 Å². The number of phenolic OH excluding ortho intramolecular Hbond substituents is 1. The maximum Gasteiger partial charge on any atom is 0.317 e. The van der Waals surface area contributed by atoms with Crippen LogP contribution in [0.2, 0.25) is 0 Å². The highest BCUT2D eigenvalue weighted by Crippen LogP contribution is 2.41. The number of ether oxygens (including phenoxy) is 1. The zero-order valence-corrected chi connectivity index (χ0v) is 23.1. The fourth-order valence-corrected chi connectivity index (χ4v) is 6.50. The first-order valence-corrected chi connectivity index (χ1v) is 14.0. The van der Waals surface area contributed by atoms with Gasteiger partial charge in [0, 0.05) is 53.5 Å². The molecular weight excluding hydrogens is 582 g/mol. The Balaban J connectivity index is 1.40. The van der Waals surface area contributed by atoms with Gasteiger partial charge in [-0.1, -0.05) is 6.07 Å². The Kier molecular flexibility index (Phi) is 6.74. The number of fused-ring (bicyclic) bond motifs is 3. The van der Waals surface area contributed by atoms with Gasteiger partial charge in [0.2, 0.25) is 0 Å². The van der Waals surface area contributed by atoms with Crippen molar-refractivity contribution in [3.8, 4) is 34.3 Å². The molecule has 2 aliphatic rings. The van der Waals surface area contributed by atoms with E-state index in [4.69, 9.17) is 4.74 Å². The molecule has 0 saturated carbocycles. The number of aromatic hydroxyl groups is 1. The van der Waals surface area contributed by atoms with Crippen molar-refractivity contribution in [3.05, 3.63) is 66.4 Å². The molecule has 0 aliphatic carbocycles. The largest absolute Gasteiger partial charge is 0.508 e. The van der Waals surface area contributed by atoms with Gasteiger partial charge in [-0.05, 0) is 49.0 Å². The van der Waals surface area contributed by atoms with Crippen LogP contribution in [0, 0.1) is 17.5 Å². The normalized spacial score (nSPS) is 20.1. The summed E-state index contributed by atoms with van der Waals surface area (Å²) in [6, 6.07) is 5.80. The first-order valence-electron chi connectivity index (χ1n) is 14.0. The number of phenols is 1. The number of pyridine rings is 1. The van der Waals surface area contributed by atoms with Gasteiger partial charge in [0.05, 0.1) is 11.2 Å². The number of nitrogens with zero attached hydrogens (tertiary/aromatic N) is 5. The molecule has 2 aliphatic heterocycles. The van der Waals surface area contributed by atoms with Gasteiger partial charge in [0.1, 0.15) is 36.3 Å². The van der Waals surface area contributed by atoms with E-state index in [0.29, 0.717) is 12.1 Å². The summed E-state index contributed by atoms with van der Waals surface area (Å²) in [5.41, 5.74) is -0.888. The summed E-state index contributed by atoms with van der Waals surface area (Å²) in [6.07, 6.45) is 4.96. The minimum absolute atomic E-state index is 0.0591. The highest BCUT2D eigenvalue weighted by Gasteiger charge is 2.49. The van der Waals surface area contributed by atoms with Crippen molar-refractivity contribution in [1.82, 2.24) is 24.4 Å². The molecule has 0 radical (unpaired) electrons. The van der Waals surface area contributed by atoms with Crippen LogP contribution in [0.25, 0.3) is 44.2 Å². The maximum atomic E-state index is 16.5. The number of carbonyl (C=O) groups excluding carboxylic acids is 1. The summed E-state index contributed by atoms with van der Waals surface area (Å²) in [4.78, 5) is 27.2. The first kappa shape index (κ1) is 28.2. The molecule has 13 heteroatoms. The highest BCUT2D eigenvalue weighted by molar-refractivity contribution is 6.00. The van der Waals surface area contributed by atoms with Gasteiger partial charge in [-0.25, -0.2) is 17.6 Å². The van der Waals surface area contributed by atoms with Gasteiger partial charge >= 0.3 is 6.01 Å². The van der Waals surface area contributed by atoms with Crippen LogP contribution in [0.15, 0.2) is 48.9 Å². The second-order valence-electron chi connectivity index (χ2n) is 11.2. The lowest BCUT2D eigenvalue weighted by Crippen LogP contribution is -2.43. The molecule has 2 N–H and O–H groups in total. The van der Waals surface area contributed by atoms with Crippen LogP contribution in [0.4, 0.5) is 17.6 Å². The van der Waals surface area contributed by atoms with Crippen LogP contribution in [0.3, 0.4) is 0 Å². The zero-order valence-electron chi connectivity index (χ0n) is 23.1. The van der Waals surface area contributed by atoms with E-state index in [0.717, 1.165) is 36.1 Å². The quantitative estimate of drug-likeness (QED) is 0.259. The molecular formula is C31H25F4N5O4. The van der Waals surface area contributed by atoms with Gasteiger partial charge in [-0.15, -0.1) is 0 Å². The number of alkyl halides is 1. The van der Waals surface area contributed by atoms with Crippen LogP contribution >= 0.6 is 0 Å². The number of rotatable bonds is 6. The number of halogens is 4. The average molecular weight is 608 g/mol. The lowest BCUT2D eigenvalue weighted by molar-refractivity contribution is 0.0819. The lowest BCUT2D eigenvalue weighted by Gasteiger charge is -2.30. The Morgan fingerprint density at radius 1 is 1.11 bits per heavy atom. The number of aliphatic hydroxyl groups excluding tert-OH is 1. The van der Waals surface area contributed by atoms with Crippen LogP contribution in [0.1, 0.15) is 24.1 Å². The van der Waals surface area contributed by atoms with Gasteiger partial charge in [0.25, 0.3) is 5.91 Å². The Labute approximate surface area is 247 Å². The number of hydrogen-bond acceptors (Lipinski definition) is 8. The van der Waals surface area contributed by atoms with E-state index in [2.05, 4.69) is 15.0 Å². The molecule has 2 saturated heterocycles. The number of benzene rings is 2. The molecule has 0 unspecified atom stereocenters. The molecule has 0 bridgehead atoms. The van der Waals surface area contributed by atoms with Gasteiger partial charge < -0.3 is 14.9 Å². The smallest absolute Gasteiger partial charge is 0.317 e. The Hall–Kier alpha value is -4.62. The van der Waals surface area contributed by atoms with Gasteiger partial charge in [0.15, 0.2) is 17.5 Å². The zero-order chi connectivity index (χ0) is 30.7. The average Bonchev–Trinajstić information content (AvgIpc) is 3.72. The van der Waals surface area contributed by atoms with Crippen molar-refractivity contribution in [3.63, 3.8) is 0 Å². The van der Waals surface area contributed by atoms with E-state index >= 15 is 8.78 Å². The monoisotopic (exact) mass is 607 g/mol. The summed E-state index contributed by atoms with van der Waals surface area (Å²) in [5.74, 6) is -4.32. The molecule has 5 aromatic rings. The minimum Gasteiger partial charge on any atom is -0.508 e. The lowest BCUT2D eigenvalue weighted by atomic mass is 9.95. The second-order valence-corrected chi connectivity index (χ2v) is 11.2. The van der Waals surface area contributed by atoms with E-state index in [9.17, 15) is 23.8 Å². The maximum absolute atomic E-state index is 16.5. The van der Waals surface area contributed by atoms with Gasteiger partial charge in [-0.2, -0.15) is 9.97 Å². The highest BCUT2D eigenvalue weighted by atomic mass is 19.2. The molecule has 3 aromatic heterocycles. The van der Waals surface area contributed by atoms with E-state index in [-0.39, 0.29) is 57.7 Å². The summed E-state index contributed by atoms with van der Waals surface area (Å²) in [6.45, 7) is 0.357. The Morgan fingerprint density at radius 2 is 1.95 bits per heavy atom. The number of aromatic nitrogens is 4. The first-order chi connectivity index (χ1) is 21.2. The molecule has 2 fully saturated rings. The standard InChI is InChI=1S/C31H25F4N5O4/c32-18-10-31(5-1-6-40(31)13-18)15-44-30-37-27(17-4-7-39(12-17)23(43)14-41)21-11-36-28(26(35)29(21)38-30)20-9-19(42)8-16-2-3-22(33)25(34)24(16)20/h2-4,7-9,11-12,18,41-42H,1,5-6,10,13-15H2/t18-,31+/m1/s1. The fourth-order valence-electron chi connectivity index (χ4n) is 6.50. The summed E-state index contributed by atoms with van der Waals surface area (Å²) >= 11 is 0. The topological polar surface area (TPSA) is 114 Å². The molecule has 9 nitrogen and oxygen atoms in total. The number of carbonyl (C=O) groups is 1. The van der Waals surface area contributed by atoms with Crippen LogP contribution in [-0.2, 0) is 0 Å². The van der Waals surface area contributed by atoms with Crippen molar-refractivity contribution >= 4 is 27.6 Å². The molecule has 44 heavy (non-hydrogen) atoms.